The summed E-state index contributed by atoms with van der Waals surface area (Å²) in [6.07, 6.45) is -6.39. The molecular weight excluding hydrogens is 331 g/mol. The second-order valence-electron chi connectivity index (χ2n) is 4.34. The van der Waals surface area contributed by atoms with E-state index in [4.69, 9.17) is 0 Å². The maximum absolute atomic E-state index is 13.4. The van der Waals surface area contributed by atoms with Crippen LogP contribution in [0.25, 0.3) is 0 Å². The van der Waals surface area contributed by atoms with Gasteiger partial charge in [-0.1, -0.05) is 30.3 Å². The number of carbonyl (C=O) groups is 2. The van der Waals surface area contributed by atoms with Crippen molar-refractivity contribution in [3.05, 3.63) is 35.9 Å². The zero-order valence-electron chi connectivity index (χ0n) is 11.6. The van der Waals surface area contributed by atoms with Gasteiger partial charge in [-0.15, -0.1) is 0 Å². The Labute approximate surface area is 126 Å². The monoisotopic (exact) mass is 342 g/mol. The molecule has 10 heteroatoms. The first-order valence-electron chi connectivity index (χ1n) is 5.95. The molecule has 128 valence electrons. The molecule has 0 amide bonds. The minimum Gasteiger partial charge on any atom is -0.466 e. The third-order valence-electron chi connectivity index (χ3n) is 2.80. The van der Waals surface area contributed by atoms with E-state index < -0.39 is 36.2 Å². The highest BCUT2D eigenvalue weighted by Gasteiger charge is 2.78. The number of aliphatic hydroxyl groups is 1. The molecule has 1 atom stereocenters. The number of halogens is 5. The van der Waals surface area contributed by atoms with Crippen LogP contribution in [0.15, 0.2) is 30.3 Å². The zero-order valence-corrected chi connectivity index (χ0v) is 11.6. The second-order valence-corrected chi connectivity index (χ2v) is 4.34. The molecule has 0 aliphatic heterocycles. The Morgan fingerprint density at radius 2 is 1.57 bits per heavy atom. The smallest absolute Gasteiger partial charge is 0.457 e. The average Bonchev–Trinajstić information content (AvgIpc) is 2.50. The van der Waals surface area contributed by atoms with E-state index in [1.54, 1.807) is 6.07 Å². The van der Waals surface area contributed by atoms with Gasteiger partial charge in [0.1, 0.15) is 6.61 Å². The number of benzene rings is 1. The standard InChI is InChI=1S/C13H11F5O5/c1-22-9(19)11(21,12(14,15)13(16,17)18)10(20)23-7-8-5-3-2-4-6-8/h2-6,21H,7H2,1H3. The zero-order chi connectivity index (χ0) is 17.9. The molecule has 0 saturated heterocycles. The van der Waals surface area contributed by atoms with Crippen LogP contribution in [0.2, 0.25) is 0 Å². The summed E-state index contributed by atoms with van der Waals surface area (Å²) in [6, 6.07) is 7.31. The van der Waals surface area contributed by atoms with Crippen LogP contribution in [0.3, 0.4) is 0 Å². The van der Waals surface area contributed by atoms with Crippen molar-refractivity contribution in [2.75, 3.05) is 7.11 Å². The first kappa shape index (κ1) is 18.8. The van der Waals surface area contributed by atoms with E-state index in [0.29, 0.717) is 7.11 Å². The molecule has 0 fully saturated rings. The van der Waals surface area contributed by atoms with Crippen LogP contribution in [0, 0.1) is 0 Å². The molecule has 1 N–H and O–H groups in total. The van der Waals surface area contributed by atoms with Gasteiger partial charge in [-0.3, -0.25) is 0 Å². The van der Waals surface area contributed by atoms with Crippen molar-refractivity contribution in [3.63, 3.8) is 0 Å². The van der Waals surface area contributed by atoms with Gasteiger partial charge in [0.05, 0.1) is 7.11 Å². The van der Waals surface area contributed by atoms with Crippen molar-refractivity contribution in [1.29, 1.82) is 0 Å². The highest BCUT2D eigenvalue weighted by molar-refractivity contribution is 6.04. The normalized spacial score (nSPS) is 14.7. The number of carbonyl (C=O) groups excluding carboxylic acids is 2. The summed E-state index contributed by atoms with van der Waals surface area (Å²) in [4.78, 5) is 22.8. The maximum atomic E-state index is 13.4. The Morgan fingerprint density at radius 1 is 1.04 bits per heavy atom. The molecule has 0 aliphatic rings. The van der Waals surface area contributed by atoms with E-state index in [1.807, 2.05) is 0 Å². The average molecular weight is 342 g/mol. The lowest BCUT2D eigenvalue weighted by Crippen LogP contribution is -2.66. The van der Waals surface area contributed by atoms with Gasteiger partial charge in [-0.2, -0.15) is 22.0 Å². The summed E-state index contributed by atoms with van der Waals surface area (Å²) in [7, 11) is 0.435. The van der Waals surface area contributed by atoms with Gasteiger partial charge in [0, 0.05) is 0 Å². The molecule has 23 heavy (non-hydrogen) atoms. The molecule has 1 aromatic carbocycles. The molecular formula is C13H11F5O5. The Hall–Kier alpha value is -2.23. The summed E-state index contributed by atoms with van der Waals surface area (Å²) in [6.45, 7) is -0.729. The lowest BCUT2D eigenvalue weighted by Gasteiger charge is -2.32. The summed E-state index contributed by atoms with van der Waals surface area (Å²) < 4.78 is 72.0. The van der Waals surface area contributed by atoms with Crippen LogP contribution in [-0.2, 0) is 25.7 Å². The Morgan fingerprint density at radius 3 is 2.00 bits per heavy atom. The molecule has 0 aliphatic carbocycles. The van der Waals surface area contributed by atoms with Gasteiger partial charge in [-0.05, 0) is 5.56 Å². The number of esters is 2. The van der Waals surface area contributed by atoms with E-state index in [2.05, 4.69) is 9.47 Å². The van der Waals surface area contributed by atoms with Crippen LogP contribution >= 0.6 is 0 Å². The Balaban J connectivity index is 3.11. The number of ether oxygens (including phenoxy) is 2. The van der Waals surface area contributed by atoms with Crippen molar-refractivity contribution < 1.29 is 46.1 Å². The third kappa shape index (κ3) is 3.41. The molecule has 0 heterocycles. The van der Waals surface area contributed by atoms with Crippen LogP contribution in [-0.4, -0.2) is 41.9 Å². The van der Waals surface area contributed by atoms with Gasteiger partial charge < -0.3 is 14.6 Å². The number of alkyl halides is 5. The first-order chi connectivity index (χ1) is 10.5. The lowest BCUT2D eigenvalue weighted by molar-refractivity contribution is -0.333. The Bertz CT molecular complexity index is 572. The summed E-state index contributed by atoms with van der Waals surface area (Å²) >= 11 is 0. The topological polar surface area (TPSA) is 72.8 Å². The summed E-state index contributed by atoms with van der Waals surface area (Å²) in [5.41, 5.74) is -4.61. The third-order valence-corrected chi connectivity index (χ3v) is 2.80. The number of hydrogen-bond acceptors (Lipinski definition) is 5. The molecule has 1 rings (SSSR count). The molecule has 0 spiro atoms. The summed E-state index contributed by atoms with van der Waals surface area (Å²) in [5, 5.41) is 9.47. The molecule has 0 aromatic heterocycles. The summed E-state index contributed by atoms with van der Waals surface area (Å²) in [5.74, 6) is -11.1. The van der Waals surface area contributed by atoms with Crippen LogP contribution < -0.4 is 0 Å². The van der Waals surface area contributed by atoms with E-state index >= 15 is 0 Å². The largest absolute Gasteiger partial charge is 0.466 e. The van der Waals surface area contributed by atoms with Gasteiger partial charge in [-0.25, -0.2) is 9.59 Å². The van der Waals surface area contributed by atoms with Crippen molar-refractivity contribution >= 4 is 11.9 Å². The number of hydrogen-bond donors (Lipinski definition) is 1. The predicted molar refractivity (Wildman–Crippen MR) is 64.2 cm³/mol. The number of methoxy groups -OCH3 is 1. The Kier molecular flexibility index (Phi) is 5.31. The van der Waals surface area contributed by atoms with Crippen molar-refractivity contribution in [2.24, 2.45) is 0 Å². The van der Waals surface area contributed by atoms with E-state index in [1.165, 1.54) is 24.3 Å². The predicted octanol–water partition coefficient (Wildman–Crippen LogP) is 1.83. The first-order valence-corrected chi connectivity index (χ1v) is 5.95. The molecule has 0 radical (unpaired) electrons. The van der Waals surface area contributed by atoms with Crippen molar-refractivity contribution in [1.82, 2.24) is 0 Å². The fourth-order valence-corrected chi connectivity index (χ4v) is 1.52. The lowest BCUT2D eigenvalue weighted by atomic mass is 9.95. The SMILES string of the molecule is COC(=O)C(O)(C(=O)OCc1ccccc1)C(F)(F)C(F)(F)F. The quantitative estimate of drug-likeness (QED) is 0.502. The fraction of sp³-hybridized carbons (Fsp3) is 0.385. The van der Waals surface area contributed by atoms with Gasteiger partial charge in [0.25, 0.3) is 0 Å². The molecule has 0 bridgehead atoms. The van der Waals surface area contributed by atoms with Crippen molar-refractivity contribution in [3.8, 4) is 0 Å². The van der Waals surface area contributed by atoms with E-state index in [0.717, 1.165) is 0 Å². The number of rotatable bonds is 5. The fourth-order valence-electron chi connectivity index (χ4n) is 1.52. The highest BCUT2D eigenvalue weighted by Crippen LogP contribution is 2.44. The minimum absolute atomic E-state index is 0.239. The molecule has 5 nitrogen and oxygen atoms in total. The molecule has 0 saturated carbocycles. The van der Waals surface area contributed by atoms with Crippen LogP contribution in [0.4, 0.5) is 22.0 Å². The highest BCUT2D eigenvalue weighted by atomic mass is 19.4. The molecule has 1 aromatic rings. The molecule has 1 unspecified atom stereocenters. The van der Waals surface area contributed by atoms with E-state index in [-0.39, 0.29) is 5.56 Å². The van der Waals surface area contributed by atoms with Crippen molar-refractivity contribution in [2.45, 2.75) is 24.3 Å². The van der Waals surface area contributed by atoms with Crippen LogP contribution in [0.5, 0.6) is 0 Å². The maximum Gasteiger partial charge on any atom is 0.457 e. The van der Waals surface area contributed by atoms with Gasteiger partial charge in [0.15, 0.2) is 0 Å². The van der Waals surface area contributed by atoms with Crippen LogP contribution in [0.1, 0.15) is 5.56 Å². The van der Waals surface area contributed by atoms with Gasteiger partial charge >= 0.3 is 29.6 Å². The second kappa shape index (κ2) is 6.49. The van der Waals surface area contributed by atoms with E-state index in [9.17, 15) is 36.6 Å². The minimum atomic E-state index is -6.39. The van der Waals surface area contributed by atoms with Gasteiger partial charge in [0.2, 0.25) is 0 Å².